The quantitative estimate of drug-likeness (QED) is 0.931. The maximum Gasteiger partial charge on any atom is 0.266 e. The highest BCUT2D eigenvalue weighted by molar-refractivity contribution is 7.21. The van der Waals surface area contributed by atoms with Crippen LogP contribution in [0.4, 0.5) is 5.69 Å². The Hall–Kier alpha value is -1.26. The number of nitrogens with zero attached hydrogens (tertiary/aromatic N) is 1. The molecule has 1 amide bonds. The molecule has 1 aromatic heterocycles. The molecular weight excluding hydrogens is 292 g/mol. The number of carbonyl (C=O) groups excluding carboxylic acids is 1. The van der Waals surface area contributed by atoms with Crippen LogP contribution in [-0.4, -0.2) is 23.9 Å². The van der Waals surface area contributed by atoms with Gasteiger partial charge in [-0.3, -0.25) is 4.79 Å². The normalized spacial score (nSPS) is 16.4. The minimum absolute atomic E-state index is 0.0132. The number of thiophene rings is 1. The van der Waals surface area contributed by atoms with Gasteiger partial charge in [0.1, 0.15) is 4.88 Å². The van der Waals surface area contributed by atoms with E-state index in [0.29, 0.717) is 21.5 Å². The lowest BCUT2D eigenvalue weighted by Gasteiger charge is -2.24. The third-order valence-electron chi connectivity index (χ3n) is 4.12. The third-order valence-corrected chi connectivity index (χ3v) is 5.53. The van der Waals surface area contributed by atoms with Gasteiger partial charge in [-0.05, 0) is 43.9 Å². The Bertz CT molecular complexity index is 678. The van der Waals surface area contributed by atoms with E-state index in [1.54, 1.807) is 0 Å². The van der Waals surface area contributed by atoms with Crippen molar-refractivity contribution in [1.29, 1.82) is 0 Å². The molecule has 0 aliphatic heterocycles. The van der Waals surface area contributed by atoms with E-state index in [9.17, 15) is 4.79 Å². The molecular formula is C15H17ClN2OS. The van der Waals surface area contributed by atoms with Crippen molar-refractivity contribution in [2.45, 2.75) is 25.8 Å². The van der Waals surface area contributed by atoms with E-state index >= 15 is 0 Å². The van der Waals surface area contributed by atoms with Crippen LogP contribution in [0.2, 0.25) is 5.02 Å². The zero-order valence-corrected chi connectivity index (χ0v) is 13.1. The van der Waals surface area contributed by atoms with E-state index < -0.39 is 0 Å². The highest BCUT2D eigenvalue weighted by Crippen LogP contribution is 2.38. The van der Waals surface area contributed by atoms with Gasteiger partial charge in [0.15, 0.2) is 0 Å². The van der Waals surface area contributed by atoms with E-state index in [0.717, 1.165) is 10.1 Å². The molecule has 3 rings (SSSR count). The minimum atomic E-state index is 0.0132. The van der Waals surface area contributed by atoms with Crippen LogP contribution in [0.15, 0.2) is 18.2 Å². The molecule has 2 aromatic rings. The van der Waals surface area contributed by atoms with E-state index in [-0.39, 0.29) is 11.9 Å². The number of nitrogens with two attached hydrogens (primary N) is 1. The van der Waals surface area contributed by atoms with Gasteiger partial charge in [0, 0.05) is 28.2 Å². The Kier molecular flexibility index (Phi) is 3.38. The predicted octanol–water partition coefficient (Wildman–Crippen LogP) is 4.01. The van der Waals surface area contributed by atoms with Crippen LogP contribution in [-0.2, 0) is 0 Å². The van der Waals surface area contributed by atoms with Gasteiger partial charge in [0.2, 0.25) is 0 Å². The lowest BCUT2D eigenvalue weighted by atomic mass is 10.1. The van der Waals surface area contributed by atoms with Gasteiger partial charge in [0.05, 0.1) is 5.69 Å². The molecule has 0 saturated heterocycles. The Morgan fingerprint density at radius 3 is 2.85 bits per heavy atom. The summed E-state index contributed by atoms with van der Waals surface area (Å²) in [5.41, 5.74) is 6.69. The second kappa shape index (κ2) is 4.93. The van der Waals surface area contributed by atoms with Gasteiger partial charge < -0.3 is 10.6 Å². The Labute approximate surface area is 127 Å². The predicted molar refractivity (Wildman–Crippen MR) is 85.5 cm³/mol. The lowest BCUT2D eigenvalue weighted by molar-refractivity contribution is 0.0733. The van der Waals surface area contributed by atoms with E-state index in [1.165, 1.54) is 24.2 Å². The minimum Gasteiger partial charge on any atom is -0.397 e. The third kappa shape index (κ3) is 2.27. The molecule has 106 valence electrons. The number of benzene rings is 1. The molecule has 0 radical (unpaired) electrons. The summed E-state index contributed by atoms with van der Waals surface area (Å²) >= 11 is 7.44. The van der Waals surface area contributed by atoms with Crippen molar-refractivity contribution in [3.05, 3.63) is 28.1 Å². The van der Waals surface area contributed by atoms with Gasteiger partial charge in [-0.1, -0.05) is 11.6 Å². The highest BCUT2D eigenvalue weighted by atomic mass is 35.5. The summed E-state index contributed by atoms with van der Waals surface area (Å²) in [7, 11) is 1.86. The average molecular weight is 309 g/mol. The summed E-state index contributed by atoms with van der Waals surface area (Å²) in [4.78, 5) is 15.1. The fraction of sp³-hybridized carbons (Fsp3) is 0.400. The van der Waals surface area contributed by atoms with Crippen molar-refractivity contribution in [2.24, 2.45) is 5.92 Å². The van der Waals surface area contributed by atoms with Crippen molar-refractivity contribution < 1.29 is 4.79 Å². The maximum absolute atomic E-state index is 12.6. The zero-order chi connectivity index (χ0) is 14.4. The van der Waals surface area contributed by atoms with Gasteiger partial charge in [0.25, 0.3) is 5.91 Å². The molecule has 1 unspecified atom stereocenters. The first-order valence-corrected chi connectivity index (χ1v) is 7.93. The molecule has 2 N–H and O–H groups in total. The molecule has 1 aromatic carbocycles. The first-order valence-electron chi connectivity index (χ1n) is 6.73. The molecule has 1 atom stereocenters. The largest absolute Gasteiger partial charge is 0.397 e. The lowest BCUT2D eigenvalue weighted by Crippen LogP contribution is -2.36. The summed E-state index contributed by atoms with van der Waals surface area (Å²) < 4.78 is 1.00. The van der Waals surface area contributed by atoms with Crippen molar-refractivity contribution >= 4 is 44.6 Å². The van der Waals surface area contributed by atoms with Gasteiger partial charge in [-0.25, -0.2) is 0 Å². The number of hydrogen-bond acceptors (Lipinski definition) is 3. The molecule has 3 nitrogen and oxygen atoms in total. The SMILES string of the molecule is CC(C1CC1)N(C)C(=O)c1sc2ccc(Cl)cc2c1N. The molecule has 0 spiro atoms. The van der Waals surface area contributed by atoms with Gasteiger partial charge in [-0.15, -0.1) is 11.3 Å². The molecule has 1 saturated carbocycles. The van der Waals surface area contributed by atoms with Crippen LogP contribution in [0.1, 0.15) is 29.4 Å². The van der Waals surface area contributed by atoms with Crippen molar-refractivity contribution in [1.82, 2.24) is 4.90 Å². The number of fused-ring (bicyclic) bond motifs is 1. The van der Waals surface area contributed by atoms with Crippen LogP contribution in [0.25, 0.3) is 10.1 Å². The molecule has 0 bridgehead atoms. The second-order valence-corrected chi connectivity index (χ2v) is 6.97. The summed E-state index contributed by atoms with van der Waals surface area (Å²) in [5.74, 6) is 0.660. The monoisotopic (exact) mass is 308 g/mol. The summed E-state index contributed by atoms with van der Waals surface area (Å²) in [5, 5.41) is 1.51. The Morgan fingerprint density at radius 2 is 2.20 bits per heavy atom. The van der Waals surface area contributed by atoms with E-state index in [2.05, 4.69) is 6.92 Å². The topological polar surface area (TPSA) is 46.3 Å². The van der Waals surface area contributed by atoms with Crippen molar-refractivity contribution in [2.75, 3.05) is 12.8 Å². The van der Waals surface area contributed by atoms with Crippen molar-refractivity contribution in [3.63, 3.8) is 0 Å². The van der Waals surface area contributed by atoms with Gasteiger partial charge in [-0.2, -0.15) is 0 Å². The summed E-state index contributed by atoms with van der Waals surface area (Å²) in [6.45, 7) is 2.11. The fourth-order valence-electron chi connectivity index (χ4n) is 2.49. The highest BCUT2D eigenvalue weighted by Gasteiger charge is 2.33. The van der Waals surface area contributed by atoms with Crippen molar-refractivity contribution in [3.8, 4) is 0 Å². The van der Waals surface area contributed by atoms with Crippen LogP contribution >= 0.6 is 22.9 Å². The number of nitrogen functional groups attached to an aromatic ring is 1. The number of rotatable bonds is 3. The Balaban J connectivity index is 1.96. The number of hydrogen-bond donors (Lipinski definition) is 1. The van der Waals surface area contributed by atoms with Crippen LogP contribution in [0, 0.1) is 5.92 Å². The molecule has 5 heteroatoms. The average Bonchev–Trinajstić information content (AvgIpc) is 3.23. The molecule has 1 heterocycles. The zero-order valence-electron chi connectivity index (χ0n) is 11.5. The van der Waals surface area contributed by atoms with E-state index in [4.69, 9.17) is 17.3 Å². The summed E-state index contributed by atoms with van der Waals surface area (Å²) in [6, 6.07) is 5.84. The van der Waals surface area contributed by atoms with Crippen LogP contribution in [0.5, 0.6) is 0 Å². The number of amides is 1. The number of carbonyl (C=O) groups is 1. The van der Waals surface area contributed by atoms with E-state index in [1.807, 2.05) is 30.1 Å². The number of anilines is 1. The first-order chi connectivity index (χ1) is 9.49. The molecule has 1 aliphatic carbocycles. The van der Waals surface area contributed by atoms with Crippen LogP contribution < -0.4 is 5.73 Å². The van der Waals surface area contributed by atoms with Crippen LogP contribution in [0.3, 0.4) is 0 Å². The Morgan fingerprint density at radius 1 is 1.50 bits per heavy atom. The first kappa shape index (κ1) is 13.7. The fourth-order valence-corrected chi connectivity index (χ4v) is 3.75. The van der Waals surface area contributed by atoms with Gasteiger partial charge >= 0.3 is 0 Å². The molecule has 1 fully saturated rings. The summed E-state index contributed by atoms with van der Waals surface area (Å²) in [6.07, 6.45) is 2.44. The number of halogens is 1. The molecule has 20 heavy (non-hydrogen) atoms. The second-order valence-electron chi connectivity index (χ2n) is 5.48. The smallest absolute Gasteiger partial charge is 0.266 e. The maximum atomic E-state index is 12.6. The molecule has 1 aliphatic rings. The standard InChI is InChI=1S/C15H17ClN2OS/c1-8(9-3-4-9)18(2)15(19)14-13(17)11-7-10(16)5-6-12(11)20-14/h5-9H,3-4,17H2,1-2H3.